The molecule has 0 aliphatic carbocycles. The summed E-state index contributed by atoms with van der Waals surface area (Å²) in [7, 11) is 1.19. The van der Waals surface area contributed by atoms with Gasteiger partial charge in [-0.1, -0.05) is 31.5 Å². The highest BCUT2D eigenvalue weighted by Gasteiger charge is 2.57. The third kappa shape index (κ3) is 4.15. The number of methoxy groups -OCH3 is 1. The lowest BCUT2D eigenvalue weighted by Gasteiger charge is -2.24. The number of hydrogen-bond acceptors (Lipinski definition) is 4. The van der Waals surface area contributed by atoms with Gasteiger partial charge in [0.25, 0.3) is 5.91 Å². The number of fused-ring (bicyclic) bond motifs is 1. The van der Waals surface area contributed by atoms with Crippen LogP contribution in [0.15, 0.2) is 36.4 Å². The van der Waals surface area contributed by atoms with E-state index in [4.69, 9.17) is 16.3 Å². The number of ether oxygens (including phenoxy) is 1. The van der Waals surface area contributed by atoms with Gasteiger partial charge in [0.2, 0.25) is 5.67 Å². The van der Waals surface area contributed by atoms with Crippen molar-refractivity contribution in [3.8, 4) is 5.75 Å². The van der Waals surface area contributed by atoms with Crippen molar-refractivity contribution in [3.05, 3.63) is 58.1 Å². The molecule has 1 heterocycles. The maximum absolute atomic E-state index is 16.6. The quantitative estimate of drug-likeness (QED) is 0.575. The third-order valence-electron chi connectivity index (χ3n) is 5.38. The number of nitrogens with zero attached hydrogens (tertiary/aromatic N) is 1. The van der Waals surface area contributed by atoms with E-state index in [0.717, 1.165) is 12.1 Å². The number of carboxylic acid groups (broad SMARTS) is 1. The number of anilines is 1. The molecule has 2 aromatic carbocycles. The molecule has 3 amide bonds. The first-order valence-electron chi connectivity index (χ1n) is 9.86. The number of rotatable bonds is 5. The van der Waals surface area contributed by atoms with Crippen LogP contribution in [0, 0.1) is 5.92 Å². The lowest BCUT2D eigenvalue weighted by molar-refractivity contribution is -0.140. The first-order chi connectivity index (χ1) is 15.7. The number of carboxylic acids is 1. The van der Waals surface area contributed by atoms with Crippen molar-refractivity contribution in [2.75, 3.05) is 12.0 Å². The summed E-state index contributed by atoms with van der Waals surface area (Å²) >= 11 is 5.97. The summed E-state index contributed by atoms with van der Waals surface area (Å²) in [4.78, 5) is 38.0. The largest absolute Gasteiger partial charge is 0.496 e. The first-order valence-corrected chi connectivity index (χ1v) is 10.2. The second kappa shape index (κ2) is 8.79. The molecule has 2 N–H and O–H groups in total. The molecule has 182 valence electrons. The summed E-state index contributed by atoms with van der Waals surface area (Å²) in [5.41, 5.74) is -6.06. The number of hydrogen-bond donors (Lipinski definition) is 2. The molecule has 3 rings (SSSR count). The van der Waals surface area contributed by atoms with E-state index in [0.29, 0.717) is 12.1 Å². The monoisotopic (exact) mass is 502 g/mol. The van der Waals surface area contributed by atoms with Crippen molar-refractivity contribution in [1.82, 2.24) is 5.32 Å². The van der Waals surface area contributed by atoms with Gasteiger partial charge in [-0.25, -0.2) is 18.9 Å². The number of aliphatic carboxylic acids is 1. The fourth-order valence-electron chi connectivity index (χ4n) is 3.69. The SMILES string of the molecule is COc1ccc(Cl)cc1C1(F)C(=O)N(C(=O)NC(C(=O)O)C(C)C)c2cc(C(F)(F)F)ccc21. The summed E-state index contributed by atoms with van der Waals surface area (Å²) in [6, 6.07) is 2.57. The molecular formula is C22H19ClF4N2O5. The van der Waals surface area contributed by atoms with Gasteiger partial charge in [-0.2, -0.15) is 13.2 Å². The average molecular weight is 503 g/mol. The Balaban J connectivity index is 2.24. The number of carbonyl (C=O) groups excluding carboxylic acids is 2. The Kier molecular flexibility index (Phi) is 6.53. The van der Waals surface area contributed by atoms with Crippen molar-refractivity contribution in [1.29, 1.82) is 0 Å². The lowest BCUT2D eigenvalue weighted by Crippen LogP contribution is -2.53. The fraction of sp³-hybridized carbons (Fsp3) is 0.318. The maximum atomic E-state index is 16.6. The number of carbonyl (C=O) groups is 3. The molecule has 2 unspecified atom stereocenters. The van der Waals surface area contributed by atoms with Crippen LogP contribution in [0.25, 0.3) is 0 Å². The molecule has 0 bridgehead atoms. The highest BCUT2D eigenvalue weighted by molar-refractivity contribution is 6.31. The van der Waals surface area contributed by atoms with Crippen molar-refractivity contribution in [2.24, 2.45) is 5.92 Å². The zero-order chi connectivity index (χ0) is 25.6. The lowest BCUT2D eigenvalue weighted by atomic mass is 9.88. The highest BCUT2D eigenvalue weighted by Crippen LogP contribution is 2.51. The molecule has 0 saturated heterocycles. The van der Waals surface area contributed by atoms with E-state index in [-0.39, 0.29) is 15.7 Å². The van der Waals surface area contributed by atoms with Crippen LogP contribution < -0.4 is 15.0 Å². The molecule has 1 aliphatic rings. The maximum Gasteiger partial charge on any atom is 0.416 e. The van der Waals surface area contributed by atoms with Crippen molar-refractivity contribution >= 4 is 35.2 Å². The number of halogens is 5. The minimum absolute atomic E-state index is 0.00253. The number of imide groups is 1. The number of alkyl halides is 4. The Morgan fingerprint density at radius 1 is 1.15 bits per heavy atom. The van der Waals surface area contributed by atoms with Crippen LogP contribution in [0.4, 0.5) is 28.0 Å². The van der Waals surface area contributed by atoms with E-state index in [1.165, 1.54) is 33.1 Å². The highest BCUT2D eigenvalue weighted by atomic mass is 35.5. The van der Waals surface area contributed by atoms with Gasteiger partial charge in [0, 0.05) is 16.1 Å². The molecule has 7 nitrogen and oxygen atoms in total. The number of nitrogens with one attached hydrogen (secondary N) is 1. The summed E-state index contributed by atoms with van der Waals surface area (Å²) in [6.07, 6.45) is -4.86. The van der Waals surface area contributed by atoms with Crippen LogP contribution >= 0.6 is 11.6 Å². The normalized spacial score (nSPS) is 18.6. The molecule has 34 heavy (non-hydrogen) atoms. The Labute approximate surface area is 196 Å². The van der Waals surface area contributed by atoms with Crippen LogP contribution in [0.3, 0.4) is 0 Å². The summed E-state index contributed by atoms with van der Waals surface area (Å²) in [5, 5.41) is 11.4. The summed E-state index contributed by atoms with van der Waals surface area (Å²) < 4.78 is 61.9. The Hall–Kier alpha value is -3.34. The van der Waals surface area contributed by atoms with E-state index in [1.54, 1.807) is 0 Å². The molecular weight excluding hydrogens is 484 g/mol. The zero-order valence-corrected chi connectivity index (χ0v) is 18.8. The molecule has 0 aromatic heterocycles. The van der Waals surface area contributed by atoms with Gasteiger partial charge in [-0.15, -0.1) is 0 Å². The van der Waals surface area contributed by atoms with Crippen molar-refractivity contribution in [2.45, 2.75) is 31.7 Å². The number of urea groups is 1. The van der Waals surface area contributed by atoms with Gasteiger partial charge in [0.1, 0.15) is 11.8 Å². The van der Waals surface area contributed by atoms with Crippen LogP contribution in [0.2, 0.25) is 5.02 Å². The molecule has 0 radical (unpaired) electrons. The summed E-state index contributed by atoms with van der Waals surface area (Å²) in [5.74, 6) is -3.78. The second-order valence-corrected chi connectivity index (χ2v) is 8.32. The third-order valence-corrected chi connectivity index (χ3v) is 5.62. The molecule has 2 aromatic rings. The van der Waals surface area contributed by atoms with Crippen molar-refractivity contribution < 1.29 is 41.8 Å². The van der Waals surface area contributed by atoms with E-state index >= 15 is 4.39 Å². The topological polar surface area (TPSA) is 95.9 Å². The fourth-order valence-corrected chi connectivity index (χ4v) is 3.86. The van der Waals surface area contributed by atoms with Crippen molar-refractivity contribution in [3.63, 3.8) is 0 Å². The van der Waals surface area contributed by atoms with E-state index in [1.807, 2.05) is 0 Å². The predicted octanol–water partition coefficient (Wildman–Crippen LogP) is 4.75. The predicted molar refractivity (Wildman–Crippen MR) is 114 cm³/mol. The average Bonchev–Trinajstić information content (AvgIpc) is 2.98. The van der Waals surface area contributed by atoms with Gasteiger partial charge in [-0.05, 0) is 36.2 Å². The second-order valence-electron chi connectivity index (χ2n) is 7.88. The first kappa shape index (κ1) is 25.3. The van der Waals surface area contributed by atoms with E-state index in [9.17, 15) is 32.7 Å². The molecule has 0 saturated carbocycles. The minimum atomic E-state index is -4.86. The Morgan fingerprint density at radius 3 is 2.32 bits per heavy atom. The number of amides is 3. The van der Waals surface area contributed by atoms with Gasteiger partial charge in [0.15, 0.2) is 0 Å². The number of benzene rings is 2. The Bertz CT molecular complexity index is 1170. The molecule has 0 spiro atoms. The van der Waals surface area contributed by atoms with E-state index in [2.05, 4.69) is 5.32 Å². The van der Waals surface area contributed by atoms with Gasteiger partial charge < -0.3 is 15.2 Å². The van der Waals surface area contributed by atoms with E-state index < -0.39 is 64.1 Å². The molecule has 2 atom stereocenters. The molecule has 0 fully saturated rings. The van der Waals surface area contributed by atoms with Crippen LogP contribution in [-0.4, -0.2) is 36.2 Å². The minimum Gasteiger partial charge on any atom is -0.496 e. The molecule has 1 aliphatic heterocycles. The van der Waals surface area contributed by atoms with Gasteiger partial charge in [-0.3, -0.25) is 4.79 Å². The van der Waals surface area contributed by atoms with Crippen LogP contribution in [-0.2, 0) is 21.4 Å². The zero-order valence-electron chi connectivity index (χ0n) is 18.0. The van der Waals surface area contributed by atoms with Crippen LogP contribution in [0.5, 0.6) is 5.75 Å². The van der Waals surface area contributed by atoms with Gasteiger partial charge in [0.05, 0.1) is 18.4 Å². The smallest absolute Gasteiger partial charge is 0.416 e. The van der Waals surface area contributed by atoms with Crippen LogP contribution in [0.1, 0.15) is 30.5 Å². The van der Waals surface area contributed by atoms with Gasteiger partial charge >= 0.3 is 18.2 Å². The standard InChI is InChI=1S/C22H19ClF4N2O5/c1-10(2)17(18(30)31)28-20(33)29-15-8-11(22(25,26)27)4-6-13(15)21(24,19(29)32)14-9-12(23)5-7-16(14)34-3/h4-10,17H,1-3H3,(H,28,33)(H,30,31). The Morgan fingerprint density at radius 2 is 1.79 bits per heavy atom. The molecule has 12 heteroatoms. The summed E-state index contributed by atoms with van der Waals surface area (Å²) in [6.45, 7) is 2.94.